The number of esters is 1. The van der Waals surface area contributed by atoms with Crippen LogP contribution in [0.3, 0.4) is 0 Å². The van der Waals surface area contributed by atoms with E-state index in [-0.39, 0.29) is 17.5 Å². The van der Waals surface area contributed by atoms with Crippen LogP contribution in [0.25, 0.3) is 0 Å². The van der Waals surface area contributed by atoms with Gasteiger partial charge in [0.05, 0.1) is 19.8 Å². The maximum atomic E-state index is 12.4. The van der Waals surface area contributed by atoms with Crippen LogP contribution in [0, 0.1) is 5.41 Å². The van der Waals surface area contributed by atoms with Crippen LogP contribution in [-0.2, 0) is 25.1 Å². The van der Waals surface area contributed by atoms with E-state index in [9.17, 15) is 4.79 Å². The van der Waals surface area contributed by atoms with Crippen LogP contribution in [0.1, 0.15) is 57.8 Å². The highest BCUT2D eigenvalue weighted by Gasteiger charge is 2.44. The van der Waals surface area contributed by atoms with E-state index in [4.69, 9.17) is 18.6 Å². The summed E-state index contributed by atoms with van der Waals surface area (Å²) in [6.45, 7) is 14.1. The predicted octanol–water partition coefficient (Wildman–Crippen LogP) is 4.44. The molecule has 5 nitrogen and oxygen atoms in total. The number of carbonyl (C=O) groups is 1. The van der Waals surface area contributed by atoms with Crippen molar-refractivity contribution in [1.82, 2.24) is 0 Å². The van der Waals surface area contributed by atoms with Gasteiger partial charge in [0.1, 0.15) is 5.75 Å². The summed E-state index contributed by atoms with van der Waals surface area (Å²) in [7, 11) is 0.148. The molecule has 2 unspecified atom stereocenters. The number of hydrogen-bond donors (Lipinski definition) is 0. The first-order valence-corrected chi connectivity index (χ1v) is 13.0. The van der Waals surface area contributed by atoms with Gasteiger partial charge in [-0.3, -0.25) is 0 Å². The highest BCUT2D eigenvalue weighted by Crippen LogP contribution is 2.42. The van der Waals surface area contributed by atoms with Crippen molar-refractivity contribution in [1.29, 1.82) is 0 Å². The summed E-state index contributed by atoms with van der Waals surface area (Å²) in [4.78, 5) is 12.4. The number of rotatable bonds is 8. The minimum absolute atomic E-state index is 0.0701. The molecule has 1 saturated heterocycles. The first-order chi connectivity index (χ1) is 13.1. The Morgan fingerprint density at radius 3 is 2.54 bits per heavy atom. The average molecular weight is 409 g/mol. The first kappa shape index (κ1) is 22.9. The Labute approximate surface area is 171 Å². The van der Waals surface area contributed by atoms with Crippen LogP contribution >= 0.6 is 0 Å². The molecule has 0 radical (unpaired) electrons. The number of ether oxygens (including phenoxy) is 3. The van der Waals surface area contributed by atoms with Crippen molar-refractivity contribution in [2.24, 2.45) is 5.41 Å². The van der Waals surface area contributed by atoms with E-state index >= 15 is 0 Å². The molecular weight excluding hydrogens is 372 g/mol. The van der Waals surface area contributed by atoms with E-state index in [0.717, 1.165) is 23.3 Å². The zero-order valence-electron chi connectivity index (χ0n) is 18.5. The molecule has 2 rings (SSSR count). The van der Waals surface area contributed by atoms with Gasteiger partial charge in [-0.25, -0.2) is 4.79 Å². The zero-order valence-corrected chi connectivity index (χ0v) is 19.6. The molecule has 0 aromatic heterocycles. The third-order valence-electron chi connectivity index (χ3n) is 5.00. The van der Waals surface area contributed by atoms with Crippen molar-refractivity contribution < 1.29 is 23.4 Å². The largest absolute Gasteiger partial charge is 0.493 e. The van der Waals surface area contributed by atoms with Crippen molar-refractivity contribution in [3.63, 3.8) is 0 Å². The molecule has 1 heterocycles. The molecule has 1 aromatic rings. The quantitative estimate of drug-likeness (QED) is 0.470. The van der Waals surface area contributed by atoms with Crippen molar-refractivity contribution in [2.45, 2.75) is 71.8 Å². The standard InChI is InChI=1S/C22H36O5Si/c1-8-25-18-11-10-16(15-22(20(23)24-5)12-9-13-26-22)14-17(18)19(21(2,3)4)27-28(6)7/h10-11,14,19,28H,8-9,12-13,15H2,1-7H3. The normalized spacial score (nSPS) is 21.0. The Morgan fingerprint density at radius 2 is 2.04 bits per heavy atom. The third-order valence-corrected chi connectivity index (χ3v) is 5.82. The Balaban J connectivity index is 2.45. The van der Waals surface area contributed by atoms with E-state index in [2.05, 4.69) is 39.9 Å². The summed E-state index contributed by atoms with van der Waals surface area (Å²) in [6, 6.07) is 6.15. The smallest absolute Gasteiger partial charge is 0.338 e. The van der Waals surface area contributed by atoms with Crippen molar-refractivity contribution in [3.8, 4) is 5.75 Å². The van der Waals surface area contributed by atoms with Crippen molar-refractivity contribution in [3.05, 3.63) is 29.3 Å². The van der Waals surface area contributed by atoms with E-state index in [1.165, 1.54) is 7.11 Å². The molecule has 28 heavy (non-hydrogen) atoms. The monoisotopic (exact) mass is 408 g/mol. The minimum Gasteiger partial charge on any atom is -0.493 e. The van der Waals surface area contributed by atoms with Gasteiger partial charge in [0, 0.05) is 18.6 Å². The topological polar surface area (TPSA) is 54.0 Å². The van der Waals surface area contributed by atoms with Crippen molar-refractivity contribution in [2.75, 3.05) is 20.3 Å². The maximum absolute atomic E-state index is 12.4. The number of hydrogen-bond acceptors (Lipinski definition) is 5. The molecule has 158 valence electrons. The van der Waals surface area contributed by atoms with Gasteiger partial charge < -0.3 is 18.6 Å². The van der Waals surface area contributed by atoms with Gasteiger partial charge in [-0.2, -0.15) is 0 Å². The Hall–Kier alpha value is -1.37. The van der Waals surface area contributed by atoms with E-state index in [1.807, 2.05) is 19.1 Å². The summed E-state index contributed by atoms with van der Waals surface area (Å²) < 4.78 is 23.3. The highest BCUT2D eigenvalue weighted by atomic mass is 28.3. The molecule has 0 amide bonds. The van der Waals surface area contributed by atoms with Crippen LogP contribution in [0.4, 0.5) is 0 Å². The first-order valence-electron chi connectivity index (χ1n) is 10.3. The molecule has 2 atom stereocenters. The Kier molecular flexibility index (Phi) is 7.71. The van der Waals surface area contributed by atoms with Crippen molar-refractivity contribution >= 4 is 15.0 Å². The van der Waals surface area contributed by atoms with E-state index < -0.39 is 14.6 Å². The van der Waals surface area contributed by atoms with Crippen LogP contribution < -0.4 is 4.74 Å². The number of benzene rings is 1. The van der Waals surface area contributed by atoms with Crippen LogP contribution in [0.15, 0.2) is 18.2 Å². The second kappa shape index (κ2) is 9.42. The SMILES string of the molecule is CCOc1ccc(CC2(C(=O)OC)CCCO2)cc1C(O[SiH](C)C)C(C)(C)C. The third kappa shape index (κ3) is 5.36. The molecule has 6 heteroatoms. The lowest BCUT2D eigenvalue weighted by atomic mass is 9.83. The summed E-state index contributed by atoms with van der Waals surface area (Å²) >= 11 is 0. The molecule has 0 spiro atoms. The Morgan fingerprint density at radius 1 is 1.32 bits per heavy atom. The average Bonchev–Trinajstić information content (AvgIpc) is 3.09. The summed E-state index contributed by atoms with van der Waals surface area (Å²) in [5, 5.41) is 0. The molecule has 1 aliphatic rings. The number of methoxy groups -OCH3 is 1. The highest BCUT2D eigenvalue weighted by molar-refractivity contribution is 6.48. The predicted molar refractivity (Wildman–Crippen MR) is 113 cm³/mol. The maximum Gasteiger partial charge on any atom is 0.338 e. The number of carbonyl (C=O) groups excluding carboxylic acids is 1. The zero-order chi connectivity index (χ0) is 20.9. The molecule has 1 fully saturated rings. The van der Waals surface area contributed by atoms with Gasteiger partial charge in [-0.1, -0.05) is 26.8 Å². The van der Waals surface area contributed by atoms with Crippen LogP contribution in [0.2, 0.25) is 13.1 Å². The van der Waals surface area contributed by atoms with Gasteiger partial charge in [0.25, 0.3) is 0 Å². The van der Waals surface area contributed by atoms with Gasteiger partial charge in [-0.15, -0.1) is 0 Å². The van der Waals surface area contributed by atoms with E-state index in [1.54, 1.807) is 0 Å². The fourth-order valence-electron chi connectivity index (χ4n) is 3.80. The summed E-state index contributed by atoms with van der Waals surface area (Å²) in [5.41, 5.74) is 1.12. The molecule has 0 N–H and O–H groups in total. The molecule has 1 aromatic carbocycles. The lowest BCUT2D eigenvalue weighted by molar-refractivity contribution is -0.163. The van der Waals surface area contributed by atoms with Gasteiger partial charge in [-0.05, 0) is 56.0 Å². The molecule has 0 bridgehead atoms. The van der Waals surface area contributed by atoms with Gasteiger partial charge in [0.2, 0.25) is 0 Å². The molecular formula is C22H36O5Si. The second-order valence-corrected chi connectivity index (χ2v) is 11.2. The fraction of sp³-hybridized carbons (Fsp3) is 0.682. The summed E-state index contributed by atoms with van der Waals surface area (Å²) in [5.74, 6) is 0.555. The van der Waals surface area contributed by atoms with Gasteiger partial charge in [0.15, 0.2) is 14.6 Å². The van der Waals surface area contributed by atoms with Crippen LogP contribution in [0.5, 0.6) is 5.75 Å². The second-order valence-electron chi connectivity index (χ2n) is 8.85. The van der Waals surface area contributed by atoms with E-state index in [0.29, 0.717) is 26.1 Å². The molecule has 1 aliphatic heterocycles. The lowest BCUT2D eigenvalue weighted by Crippen LogP contribution is -2.41. The molecule has 0 aliphatic carbocycles. The van der Waals surface area contributed by atoms with Gasteiger partial charge >= 0.3 is 5.97 Å². The lowest BCUT2D eigenvalue weighted by Gasteiger charge is -2.34. The molecule has 0 saturated carbocycles. The minimum atomic E-state index is -1.27. The fourth-order valence-corrected chi connectivity index (χ4v) is 4.90. The summed E-state index contributed by atoms with van der Waals surface area (Å²) in [6.07, 6.45) is 1.97. The van der Waals surface area contributed by atoms with Crippen LogP contribution in [-0.4, -0.2) is 40.9 Å². The Bertz CT molecular complexity index is 659.